The number of aliphatic hydroxyl groups is 1. The van der Waals surface area contributed by atoms with Crippen LogP contribution in [0.15, 0.2) is 24.3 Å². The summed E-state index contributed by atoms with van der Waals surface area (Å²) in [7, 11) is 0. The highest BCUT2D eigenvalue weighted by Gasteiger charge is 2.32. The molecule has 0 radical (unpaired) electrons. The predicted molar refractivity (Wildman–Crippen MR) is 73.1 cm³/mol. The molecule has 1 aliphatic carbocycles. The van der Waals surface area contributed by atoms with Crippen molar-refractivity contribution in [1.82, 2.24) is 5.32 Å². The first-order chi connectivity index (χ1) is 9.92. The minimum atomic E-state index is -4.33. The second-order valence-corrected chi connectivity index (χ2v) is 5.55. The highest BCUT2D eigenvalue weighted by molar-refractivity contribution is 5.28. The molecule has 0 unspecified atom stereocenters. The van der Waals surface area contributed by atoms with Gasteiger partial charge in [0.05, 0.1) is 6.61 Å². The smallest absolute Gasteiger partial charge is 0.422 e. The third-order valence-electron chi connectivity index (χ3n) is 3.83. The molecule has 0 bridgehead atoms. The van der Waals surface area contributed by atoms with E-state index >= 15 is 0 Å². The summed E-state index contributed by atoms with van der Waals surface area (Å²) in [6.07, 6.45) is -0.314. The molecule has 1 aliphatic rings. The third-order valence-corrected chi connectivity index (χ3v) is 3.83. The molecule has 0 aliphatic heterocycles. The number of alkyl halides is 3. The van der Waals surface area contributed by atoms with Crippen molar-refractivity contribution in [1.29, 1.82) is 0 Å². The lowest BCUT2D eigenvalue weighted by molar-refractivity contribution is -0.153. The molecule has 0 amide bonds. The molecule has 0 spiro atoms. The first kappa shape index (κ1) is 16.1. The number of aliphatic hydroxyl groups excluding tert-OH is 1. The van der Waals surface area contributed by atoms with Gasteiger partial charge >= 0.3 is 6.18 Å². The maximum absolute atomic E-state index is 12.1. The summed E-state index contributed by atoms with van der Waals surface area (Å²) in [4.78, 5) is 0. The summed E-state index contributed by atoms with van der Waals surface area (Å²) >= 11 is 0. The Kier molecular flexibility index (Phi) is 5.11. The topological polar surface area (TPSA) is 41.5 Å². The molecule has 2 N–H and O–H groups in total. The van der Waals surface area contributed by atoms with E-state index in [0.29, 0.717) is 6.54 Å². The summed E-state index contributed by atoms with van der Waals surface area (Å²) in [6, 6.07) is 6.60. The van der Waals surface area contributed by atoms with Gasteiger partial charge in [0.15, 0.2) is 6.61 Å². The molecule has 1 saturated carbocycles. The van der Waals surface area contributed by atoms with E-state index in [0.717, 1.165) is 31.2 Å². The Labute approximate surface area is 122 Å². The quantitative estimate of drug-likeness (QED) is 0.849. The summed E-state index contributed by atoms with van der Waals surface area (Å²) in [5, 5.41) is 12.8. The van der Waals surface area contributed by atoms with Gasteiger partial charge in [-0.15, -0.1) is 0 Å². The van der Waals surface area contributed by atoms with Crippen molar-refractivity contribution in [2.24, 2.45) is 0 Å². The van der Waals surface area contributed by atoms with Crippen LogP contribution in [0.25, 0.3) is 0 Å². The van der Waals surface area contributed by atoms with Gasteiger partial charge < -0.3 is 15.2 Å². The first-order valence-electron chi connectivity index (χ1n) is 7.07. The molecule has 0 saturated heterocycles. The molecule has 1 aromatic rings. The van der Waals surface area contributed by atoms with Crippen molar-refractivity contribution >= 4 is 0 Å². The zero-order valence-corrected chi connectivity index (χ0v) is 11.7. The minimum absolute atomic E-state index is 0.0806. The van der Waals surface area contributed by atoms with Gasteiger partial charge in [0.2, 0.25) is 0 Å². The van der Waals surface area contributed by atoms with E-state index in [9.17, 15) is 18.3 Å². The van der Waals surface area contributed by atoms with Gasteiger partial charge in [-0.2, -0.15) is 13.2 Å². The van der Waals surface area contributed by atoms with E-state index in [1.165, 1.54) is 6.07 Å². The number of ether oxygens (including phenoxy) is 1. The molecule has 0 heterocycles. The molecule has 118 valence electrons. The second kappa shape index (κ2) is 6.66. The Bertz CT molecular complexity index is 456. The Morgan fingerprint density at radius 2 is 1.95 bits per heavy atom. The van der Waals surface area contributed by atoms with Crippen molar-refractivity contribution in [2.45, 2.75) is 43.9 Å². The Morgan fingerprint density at radius 3 is 2.57 bits per heavy atom. The molecular weight excluding hydrogens is 283 g/mol. The summed E-state index contributed by atoms with van der Waals surface area (Å²) in [5.41, 5.74) is 0.595. The normalized spacial score (nSPS) is 17.9. The standard InChI is InChI=1S/C15H20F3NO2/c16-15(17,18)11-21-13-5-3-4-12(8-13)9-19-14(10-20)6-1-2-7-14/h3-5,8,19-20H,1-2,6-7,9-11H2. The van der Waals surface area contributed by atoms with Crippen LogP contribution in [0, 0.1) is 0 Å². The van der Waals surface area contributed by atoms with Crippen molar-refractivity contribution < 1.29 is 23.0 Å². The van der Waals surface area contributed by atoms with Crippen molar-refractivity contribution in [3.8, 4) is 5.75 Å². The Hall–Kier alpha value is -1.27. The van der Waals surface area contributed by atoms with Gasteiger partial charge in [-0.25, -0.2) is 0 Å². The zero-order chi connectivity index (χ0) is 15.3. The molecule has 1 aromatic carbocycles. The average Bonchev–Trinajstić information content (AvgIpc) is 2.92. The fourth-order valence-electron chi connectivity index (χ4n) is 2.64. The molecule has 0 atom stereocenters. The van der Waals surface area contributed by atoms with Crippen molar-refractivity contribution in [3.05, 3.63) is 29.8 Å². The van der Waals surface area contributed by atoms with E-state index < -0.39 is 12.8 Å². The highest BCUT2D eigenvalue weighted by atomic mass is 19.4. The molecule has 3 nitrogen and oxygen atoms in total. The van der Waals surface area contributed by atoms with Crippen LogP contribution in [0.1, 0.15) is 31.2 Å². The molecular formula is C15H20F3NO2. The molecule has 2 rings (SSSR count). The number of hydrogen-bond donors (Lipinski definition) is 2. The van der Waals surface area contributed by atoms with Crippen LogP contribution in [0.3, 0.4) is 0 Å². The molecule has 6 heteroatoms. The van der Waals surface area contributed by atoms with Gasteiger partial charge in [-0.3, -0.25) is 0 Å². The molecule has 1 fully saturated rings. The van der Waals surface area contributed by atoms with E-state index in [-0.39, 0.29) is 17.9 Å². The van der Waals surface area contributed by atoms with Crippen LogP contribution >= 0.6 is 0 Å². The van der Waals surface area contributed by atoms with Crippen LogP contribution in [-0.2, 0) is 6.54 Å². The van der Waals surface area contributed by atoms with Gasteiger partial charge in [0.25, 0.3) is 0 Å². The highest BCUT2D eigenvalue weighted by Crippen LogP contribution is 2.29. The number of rotatable bonds is 6. The Morgan fingerprint density at radius 1 is 1.24 bits per heavy atom. The fraction of sp³-hybridized carbons (Fsp3) is 0.600. The first-order valence-corrected chi connectivity index (χ1v) is 7.07. The summed E-state index contributed by atoms with van der Waals surface area (Å²) in [5.74, 6) is 0.205. The minimum Gasteiger partial charge on any atom is -0.484 e. The predicted octanol–water partition coefficient (Wildman–Crippen LogP) is 3.02. The van der Waals surface area contributed by atoms with Crippen LogP contribution in [0.5, 0.6) is 5.75 Å². The lowest BCUT2D eigenvalue weighted by Gasteiger charge is -2.28. The van der Waals surface area contributed by atoms with Crippen LogP contribution in [0.4, 0.5) is 13.2 Å². The van der Waals surface area contributed by atoms with Crippen LogP contribution < -0.4 is 10.1 Å². The van der Waals surface area contributed by atoms with E-state index in [1.807, 2.05) is 6.07 Å². The van der Waals surface area contributed by atoms with Gasteiger partial charge in [-0.05, 0) is 30.5 Å². The fourth-order valence-corrected chi connectivity index (χ4v) is 2.64. The third kappa shape index (κ3) is 4.89. The summed E-state index contributed by atoms with van der Waals surface area (Å²) < 4.78 is 41.1. The van der Waals surface area contributed by atoms with Gasteiger partial charge in [-0.1, -0.05) is 25.0 Å². The maximum atomic E-state index is 12.1. The second-order valence-electron chi connectivity index (χ2n) is 5.55. The number of hydrogen-bond acceptors (Lipinski definition) is 3. The van der Waals surface area contributed by atoms with Crippen molar-refractivity contribution in [2.75, 3.05) is 13.2 Å². The maximum Gasteiger partial charge on any atom is 0.422 e. The Balaban J connectivity index is 1.91. The molecule has 0 aromatic heterocycles. The monoisotopic (exact) mass is 303 g/mol. The van der Waals surface area contributed by atoms with E-state index in [2.05, 4.69) is 5.32 Å². The SMILES string of the molecule is OCC1(NCc2cccc(OCC(F)(F)F)c2)CCCC1. The lowest BCUT2D eigenvalue weighted by atomic mass is 9.98. The lowest BCUT2D eigenvalue weighted by Crippen LogP contribution is -2.45. The summed E-state index contributed by atoms with van der Waals surface area (Å²) in [6.45, 7) is -0.703. The van der Waals surface area contributed by atoms with Gasteiger partial charge in [0.1, 0.15) is 5.75 Å². The van der Waals surface area contributed by atoms with Crippen molar-refractivity contribution in [3.63, 3.8) is 0 Å². The van der Waals surface area contributed by atoms with Crippen LogP contribution in [-0.4, -0.2) is 30.0 Å². The van der Waals surface area contributed by atoms with E-state index in [4.69, 9.17) is 4.74 Å². The largest absolute Gasteiger partial charge is 0.484 e. The number of halogens is 3. The number of nitrogens with one attached hydrogen (secondary N) is 1. The zero-order valence-electron chi connectivity index (χ0n) is 11.7. The van der Waals surface area contributed by atoms with Crippen LogP contribution in [0.2, 0.25) is 0 Å². The number of benzene rings is 1. The molecule has 21 heavy (non-hydrogen) atoms. The van der Waals surface area contributed by atoms with Gasteiger partial charge in [0, 0.05) is 12.1 Å². The van der Waals surface area contributed by atoms with E-state index in [1.54, 1.807) is 12.1 Å². The average molecular weight is 303 g/mol.